The summed E-state index contributed by atoms with van der Waals surface area (Å²) < 4.78 is 6.25. The summed E-state index contributed by atoms with van der Waals surface area (Å²) >= 11 is 6.34. The largest absolute Gasteiger partial charge is 0.492 e. The number of benzene rings is 2. The first kappa shape index (κ1) is 19.8. The van der Waals surface area contributed by atoms with Crippen LogP contribution < -0.4 is 9.64 Å². The van der Waals surface area contributed by atoms with Crippen LogP contribution in [0.25, 0.3) is 21.9 Å². The minimum absolute atomic E-state index is 0.615. The molecule has 0 amide bonds. The zero-order valence-corrected chi connectivity index (χ0v) is 18.3. The van der Waals surface area contributed by atoms with Crippen LogP contribution in [0.15, 0.2) is 67.3 Å². The summed E-state index contributed by atoms with van der Waals surface area (Å²) in [5.41, 5.74) is 5.60. The van der Waals surface area contributed by atoms with Crippen molar-refractivity contribution in [2.24, 2.45) is 0 Å². The van der Waals surface area contributed by atoms with E-state index in [9.17, 15) is 0 Å². The summed E-state index contributed by atoms with van der Waals surface area (Å²) in [5, 5.41) is 2.82. The number of hydrogen-bond acceptors (Lipinski definition) is 5. The number of aromatic nitrogens is 2. The second-order valence-electron chi connectivity index (χ2n) is 7.94. The smallest absolute Gasteiger partial charge is 0.128 e. The van der Waals surface area contributed by atoms with Crippen LogP contribution in [-0.4, -0.2) is 42.1 Å². The van der Waals surface area contributed by atoms with Gasteiger partial charge < -0.3 is 14.5 Å². The first-order valence-corrected chi connectivity index (χ1v) is 10.6. The van der Waals surface area contributed by atoms with Crippen molar-refractivity contribution in [1.82, 2.24) is 14.9 Å². The average Bonchev–Trinajstić information content (AvgIpc) is 2.78. The van der Waals surface area contributed by atoms with E-state index in [0.29, 0.717) is 18.2 Å². The van der Waals surface area contributed by atoms with E-state index < -0.39 is 0 Å². The quantitative estimate of drug-likeness (QED) is 0.415. The third kappa shape index (κ3) is 3.71. The number of pyridine rings is 2. The molecular formula is C25H23ClN4O. The lowest BCUT2D eigenvalue weighted by Crippen LogP contribution is -2.22. The topological polar surface area (TPSA) is 41.5 Å². The predicted octanol–water partition coefficient (Wildman–Crippen LogP) is 5.54. The Bertz CT molecular complexity index is 1260. The van der Waals surface area contributed by atoms with Gasteiger partial charge in [-0.15, -0.1) is 0 Å². The lowest BCUT2D eigenvalue weighted by Gasteiger charge is -2.34. The normalized spacial score (nSPS) is 12.7. The van der Waals surface area contributed by atoms with Gasteiger partial charge >= 0.3 is 0 Å². The van der Waals surface area contributed by atoms with Crippen molar-refractivity contribution in [3.63, 3.8) is 0 Å². The van der Waals surface area contributed by atoms with Crippen LogP contribution in [-0.2, 0) is 6.54 Å². The molecule has 4 aromatic rings. The van der Waals surface area contributed by atoms with Crippen molar-refractivity contribution in [2.75, 3.05) is 32.1 Å². The zero-order chi connectivity index (χ0) is 21.4. The fraction of sp³-hybridized carbons (Fsp3) is 0.200. The number of halogens is 1. The van der Waals surface area contributed by atoms with Crippen LogP contribution >= 0.6 is 11.6 Å². The van der Waals surface area contributed by atoms with Crippen molar-refractivity contribution in [3.05, 3.63) is 77.8 Å². The molecule has 0 unspecified atom stereocenters. The summed E-state index contributed by atoms with van der Waals surface area (Å²) in [5.74, 6) is 0.869. The third-order valence-corrected chi connectivity index (χ3v) is 5.82. The van der Waals surface area contributed by atoms with E-state index >= 15 is 0 Å². The molecule has 0 fully saturated rings. The van der Waals surface area contributed by atoms with Gasteiger partial charge in [-0.05, 0) is 61.6 Å². The Labute approximate surface area is 186 Å². The molecule has 0 saturated carbocycles. The van der Waals surface area contributed by atoms with Crippen molar-refractivity contribution >= 4 is 33.7 Å². The summed E-state index contributed by atoms with van der Waals surface area (Å²) in [4.78, 5) is 13.2. The monoisotopic (exact) mass is 430 g/mol. The lowest BCUT2D eigenvalue weighted by atomic mass is 9.91. The molecule has 0 bridgehead atoms. The van der Waals surface area contributed by atoms with Gasteiger partial charge in [-0.2, -0.15) is 0 Å². The van der Waals surface area contributed by atoms with Gasteiger partial charge in [0.05, 0.1) is 12.2 Å². The van der Waals surface area contributed by atoms with Crippen LogP contribution in [0, 0.1) is 0 Å². The standard InChI is InChI=1S/C25H23ClN4O/c1-29(2)10-11-31-24-13-22-20-6-8-27-14-17(20)16-30(19-5-3-4-18(26)12-19)25(22)23-15-28-9-7-21(23)24/h3-9,12-15H,10-11,16H2,1-2H3. The Morgan fingerprint density at radius 2 is 1.84 bits per heavy atom. The number of hydrogen-bond donors (Lipinski definition) is 0. The molecule has 31 heavy (non-hydrogen) atoms. The molecule has 0 aliphatic carbocycles. The average molecular weight is 431 g/mol. The Balaban J connectivity index is 1.74. The number of nitrogens with zero attached hydrogens (tertiary/aromatic N) is 4. The lowest BCUT2D eigenvalue weighted by molar-refractivity contribution is 0.264. The maximum absolute atomic E-state index is 6.34. The van der Waals surface area contributed by atoms with Gasteiger partial charge in [0.1, 0.15) is 12.4 Å². The first-order valence-electron chi connectivity index (χ1n) is 10.3. The molecule has 2 aromatic heterocycles. The van der Waals surface area contributed by atoms with Crippen molar-refractivity contribution < 1.29 is 4.74 Å². The molecule has 5 nitrogen and oxygen atoms in total. The Morgan fingerprint density at radius 1 is 1.00 bits per heavy atom. The van der Waals surface area contributed by atoms with E-state index in [4.69, 9.17) is 16.3 Å². The fourth-order valence-electron chi connectivity index (χ4n) is 4.10. The van der Waals surface area contributed by atoms with Crippen molar-refractivity contribution in [3.8, 4) is 16.9 Å². The molecule has 156 valence electrons. The van der Waals surface area contributed by atoms with Gasteiger partial charge in [0.2, 0.25) is 0 Å². The van der Waals surface area contributed by atoms with Gasteiger partial charge in [0.15, 0.2) is 0 Å². The van der Waals surface area contributed by atoms with Gasteiger partial charge in [-0.3, -0.25) is 9.97 Å². The van der Waals surface area contributed by atoms with Gasteiger partial charge in [0.25, 0.3) is 0 Å². The molecule has 1 aliphatic heterocycles. The van der Waals surface area contributed by atoms with Crippen molar-refractivity contribution in [2.45, 2.75) is 6.54 Å². The Kier molecular flexibility index (Phi) is 5.22. The second kappa shape index (κ2) is 8.17. The summed E-state index contributed by atoms with van der Waals surface area (Å²) in [6.45, 7) is 2.17. The second-order valence-corrected chi connectivity index (χ2v) is 8.38. The molecule has 3 heterocycles. The number of rotatable bonds is 5. The highest BCUT2D eigenvalue weighted by atomic mass is 35.5. The number of ether oxygens (including phenoxy) is 1. The molecule has 1 aliphatic rings. The SMILES string of the molecule is CN(C)CCOc1cc2c(c3cnccc13)N(c1cccc(Cl)c1)Cc1cnccc1-2. The highest BCUT2D eigenvalue weighted by Crippen LogP contribution is 2.49. The minimum Gasteiger partial charge on any atom is -0.492 e. The van der Waals surface area contributed by atoms with Gasteiger partial charge in [-0.1, -0.05) is 17.7 Å². The molecule has 5 rings (SSSR count). The molecule has 0 saturated heterocycles. The van der Waals surface area contributed by atoms with E-state index in [1.165, 1.54) is 5.56 Å². The van der Waals surface area contributed by atoms with E-state index in [2.05, 4.69) is 38.0 Å². The Hall–Kier alpha value is -3.15. The number of likely N-dealkylation sites (N-methyl/N-ethyl adjacent to an activating group) is 1. The summed E-state index contributed by atoms with van der Waals surface area (Å²) in [6.07, 6.45) is 7.53. The van der Waals surface area contributed by atoms with Crippen LogP contribution in [0.2, 0.25) is 5.02 Å². The summed E-state index contributed by atoms with van der Waals surface area (Å²) in [7, 11) is 4.09. The molecule has 0 atom stereocenters. The van der Waals surface area contributed by atoms with Crippen LogP contribution in [0.1, 0.15) is 5.56 Å². The number of fused-ring (bicyclic) bond motifs is 5. The zero-order valence-electron chi connectivity index (χ0n) is 17.5. The summed E-state index contributed by atoms with van der Waals surface area (Å²) in [6, 6.07) is 14.2. The van der Waals surface area contributed by atoms with E-state index in [0.717, 1.165) is 45.6 Å². The maximum Gasteiger partial charge on any atom is 0.128 e. The van der Waals surface area contributed by atoms with Crippen LogP contribution in [0.4, 0.5) is 11.4 Å². The highest BCUT2D eigenvalue weighted by Gasteiger charge is 2.27. The van der Waals surface area contributed by atoms with E-state index in [1.54, 1.807) is 0 Å². The van der Waals surface area contributed by atoms with Gasteiger partial charge in [0, 0.05) is 58.4 Å². The van der Waals surface area contributed by atoms with Crippen LogP contribution in [0.5, 0.6) is 5.75 Å². The fourth-order valence-corrected chi connectivity index (χ4v) is 4.29. The first-order chi connectivity index (χ1) is 15.1. The third-order valence-electron chi connectivity index (χ3n) is 5.58. The molecule has 0 spiro atoms. The van der Waals surface area contributed by atoms with E-state index in [-0.39, 0.29) is 0 Å². The van der Waals surface area contributed by atoms with Crippen LogP contribution in [0.3, 0.4) is 0 Å². The highest BCUT2D eigenvalue weighted by molar-refractivity contribution is 6.30. The molecular weight excluding hydrogens is 408 g/mol. The predicted molar refractivity (Wildman–Crippen MR) is 126 cm³/mol. The molecule has 6 heteroatoms. The molecule has 2 aromatic carbocycles. The number of anilines is 2. The van der Waals surface area contributed by atoms with Crippen molar-refractivity contribution in [1.29, 1.82) is 0 Å². The minimum atomic E-state index is 0.615. The maximum atomic E-state index is 6.34. The molecule has 0 radical (unpaired) electrons. The van der Waals surface area contributed by atoms with E-state index in [1.807, 2.05) is 63.1 Å². The Morgan fingerprint density at radius 3 is 2.68 bits per heavy atom. The van der Waals surface area contributed by atoms with Gasteiger partial charge in [-0.25, -0.2) is 0 Å². The molecule has 0 N–H and O–H groups in total.